The average molecular weight is 347 g/mol. The number of piperazine rings is 1. The van der Waals surface area contributed by atoms with Gasteiger partial charge >= 0.3 is 0 Å². The van der Waals surface area contributed by atoms with Gasteiger partial charge in [-0.1, -0.05) is 6.92 Å². The van der Waals surface area contributed by atoms with Crippen molar-refractivity contribution >= 4 is 17.5 Å². The summed E-state index contributed by atoms with van der Waals surface area (Å²) in [6.45, 7) is 6.13. The van der Waals surface area contributed by atoms with Gasteiger partial charge in [0.2, 0.25) is 5.95 Å². The molecule has 0 radical (unpaired) electrons. The molecule has 1 N–H and O–H groups in total. The number of nitrogens with zero attached hydrogens (tertiary/aromatic N) is 4. The Morgan fingerprint density at radius 3 is 2.44 bits per heavy atom. The van der Waals surface area contributed by atoms with E-state index < -0.39 is 11.6 Å². The number of carbonyl (C=O) groups is 1. The van der Waals surface area contributed by atoms with Crippen LogP contribution < -0.4 is 5.32 Å². The standard InChI is InChI=1S/C17H19F2N5O/c1-2-23-5-7-24(8-6-23)16(25)12-10-20-17(21-11-12)22-15-4-3-13(18)9-14(15)19/h3-4,9-11H,2,5-8H2,1H3,(H,20,21,22). The molecule has 25 heavy (non-hydrogen) atoms. The van der Waals surface area contributed by atoms with Crippen molar-refractivity contribution in [1.29, 1.82) is 0 Å². The third-order valence-corrected chi connectivity index (χ3v) is 4.18. The van der Waals surface area contributed by atoms with Crippen LogP contribution in [-0.2, 0) is 0 Å². The van der Waals surface area contributed by atoms with Gasteiger partial charge in [-0.15, -0.1) is 0 Å². The zero-order chi connectivity index (χ0) is 17.8. The van der Waals surface area contributed by atoms with Crippen LogP contribution in [0.15, 0.2) is 30.6 Å². The van der Waals surface area contributed by atoms with Gasteiger partial charge in [-0.25, -0.2) is 18.7 Å². The van der Waals surface area contributed by atoms with Crippen molar-refractivity contribution in [3.05, 3.63) is 47.8 Å². The molecular formula is C17H19F2N5O. The van der Waals surface area contributed by atoms with E-state index in [2.05, 4.69) is 27.1 Å². The topological polar surface area (TPSA) is 61.4 Å². The predicted molar refractivity (Wildman–Crippen MR) is 89.7 cm³/mol. The van der Waals surface area contributed by atoms with Crippen LogP contribution in [0.5, 0.6) is 0 Å². The van der Waals surface area contributed by atoms with E-state index in [9.17, 15) is 13.6 Å². The fourth-order valence-corrected chi connectivity index (χ4v) is 2.66. The molecule has 2 heterocycles. The third kappa shape index (κ3) is 4.08. The zero-order valence-electron chi connectivity index (χ0n) is 13.9. The lowest BCUT2D eigenvalue weighted by molar-refractivity contribution is 0.0642. The minimum Gasteiger partial charge on any atom is -0.336 e. The minimum absolute atomic E-state index is 0.0659. The van der Waals surface area contributed by atoms with Crippen molar-refractivity contribution in [1.82, 2.24) is 19.8 Å². The summed E-state index contributed by atoms with van der Waals surface area (Å²) in [4.78, 5) is 24.6. The first-order chi connectivity index (χ1) is 12.1. The molecule has 0 saturated carbocycles. The quantitative estimate of drug-likeness (QED) is 0.919. The monoisotopic (exact) mass is 347 g/mol. The number of aromatic nitrogens is 2. The summed E-state index contributed by atoms with van der Waals surface area (Å²) in [6.07, 6.45) is 2.82. The van der Waals surface area contributed by atoms with Crippen LogP contribution in [0.25, 0.3) is 0 Å². The summed E-state index contributed by atoms with van der Waals surface area (Å²) in [7, 11) is 0. The number of likely N-dealkylation sites (N-methyl/N-ethyl adjacent to an activating group) is 1. The van der Waals surface area contributed by atoms with E-state index in [-0.39, 0.29) is 17.5 Å². The van der Waals surface area contributed by atoms with Crippen LogP contribution in [0.4, 0.5) is 20.4 Å². The molecule has 1 aromatic carbocycles. The van der Waals surface area contributed by atoms with Crippen molar-refractivity contribution in [3.8, 4) is 0 Å². The Morgan fingerprint density at radius 2 is 1.84 bits per heavy atom. The van der Waals surface area contributed by atoms with E-state index in [1.54, 1.807) is 4.90 Å². The van der Waals surface area contributed by atoms with Crippen LogP contribution in [-0.4, -0.2) is 58.4 Å². The first-order valence-corrected chi connectivity index (χ1v) is 8.12. The summed E-state index contributed by atoms with van der Waals surface area (Å²) in [5.74, 6) is -1.38. The molecule has 1 aromatic heterocycles. The Hall–Kier alpha value is -2.61. The molecule has 0 unspecified atom stereocenters. The molecule has 3 rings (SSSR count). The van der Waals surface area contributed by atoms with E-state index in [1.165, 1.54) is 18.5 Å². The second-order valence-electron chi connectivity index (χ2n) is 5.77. The van der Waals surface area contributed by atoms with Gasteiger partial charge in [0.25, 0.3) is 5.91 Å². The van der Waals surface area contributed by atoms with Crippen LogP contribution >= 0.6 is 0 Å². The van der Waals surface area contributed by atoms with Crippen LogP contribution in [0.3, 0.4) is 0 Å². The lowest BCUT2D eigenvalue weighted by atomic mass is 10.2. The maximum Gasteiger partial charge on any atom is 0.257 e. The normalized spacial score (nSPS) is 15.2. The number of hydrogen-bond donors (Lipinski definition) is 1. The summed E-state index contributed by atoms with van der Waals surface area (Å²) in [5, 5.41) is 2.66. The second-order valence-corrected chi connectivity index (χ2v) is 5.77. The van der Waals surface area contributed by atoms with Crippen molar-refractivity contribution in [3.63, 3.8) is 0 Å². The van der Waals surface area contributed by atoms with Crippen LogP contribution in [0, 0.1) is 11.6 Å². The zero-order valence-corrected chi connectivity index (χ0v) is 13.9. The first kappa shape index (κ1) is 17.2. The Labute approximate surface area is 144 Å². The number of anilines is 2. The number of rotatable bonds is 4. The van der Waals surface area contributed by atoms with Crippen molar-refractivity contribution < 1.29 is 13.6 Å². The maximum absolute atomic E-state index is 13.6. The summed E-state index contributed by atoms with van der Waals surface area (Å²) < 4.78 is 26.5. The van der Waals surface area contributed by atoms with Crippen molar-refractivity contribution in [2.24, 2.45) is 0 Å². The molecule has 0 spiro atoms. The molecular weight excluding hydrogens is 328 g/mol. The van der Waals surface area contributed by atoms with E-state index in [1.807, 2.05) is 0 Å². The number of benzene rings is 1. The van der Waals surface area contributed by atoms with E-state index in [4.69, 9.17) is 0 Å². The molecule has 1 aliphatic rings. The van der Waals surface area contributed by atoms with Gasteiger partial charge in [0.1, 0.15) is 11.6 Å². The van der Waals surface area contributed by atoms with Gasteiger partial charge in [-0.05, 0) is 18.7 Å². The predicted octanol–water partition coefficient (Wildman–Crippen LogP) is 2.28. The lowest BCUT2D eigenvalue weighted by Crippen LogP contribution is -2.48. The molecule has 6 nitrogen and oxygen atoms in total. The molecule has 1 fully saturated rings. The van der Waals surface area contributed by atoms with Gasteiger partial charge in [0, 0.05) is 44.6 Å². The van der Waals surface area contributed by atoms with Crippen molar-refractivity contribution in [2.45, 2.75) is 6.92 Å². The van der Waals surface area contributed by atoms with Gasteiger partial charge in [-0.3, -0.25) is 4.79 Å². The molecule has 1 amide bonds. The smallest absolute Gasteiger partial charge is 0.257 e. The number of amides is 1. The highest BCUT2D eigenvalue weighted by molar-refractivity contribution is 5.93. The Bertz CT molecular complexity index is 745. The highest BCUT2D eigenvalue weighted by atomic mass is 19.1. The third-order valence-electron chi connectivity index (χ3n) is 4.18. The number of nitrogens with one attached hydrogen (secondary N) is 1. The van der Waals surface area contributed by atoms with E-state index in [0.717, 1.165) is 31.8 Å². The summed E-state index contributed by atoms with van der Waals surface area (Å²) >= 11 is 0. The fourth-order valence-electron chi connectivity index (χ4n) is 2.66. The van der Waals surface area contributed by atoms with Crippen LogP contribution in [0.1, 0.15) is 17.3 Å². The molecule has 0 bridgehead atoms. The van der Waals surface area contributed by atoms with E-state index >= 15 is 0 Å². The van der Waals surface area contributed by atoms with Crippen LogP contribution in [0.2, 0.25) is 0 Å². The largest absolute Gasteiger partial charge is 0.336 e. The molecule has 2 aromatic rings. The lowest BCUT2D eigenvalue weighted by Gasteiger charge is -2.33. The highest BCUT2D eigenvalue weighted by Crippen LogP contribution is 2.18. The number of hydrogen-bond acceptors (Lipinski definition) is 5. The number of halogens is 2. The molecule has 132 valence electrons. The first-order valence-electron chi connectivity index (χ1n) is 8.12. The molecule has 0 aliphatic carbocycles. The SMILES string of the molecule is CCN1CCN(C(=O)c2cnc(Nc3ccc(F)cc3F)nc2)CC1. The molecule has 0 atom stereocenters. The van der Waals surface area contributed by atoms with Gasteiger partial charge in [0.15, 0.2) is 0 Å². The molecule has 1 saturated heterocycles. The van der Waals surface area contributed by atoms with Gasteiger partial charge < -0.3 is 15.1 Å². The minimum atomic E-state index is -0.738. The van der Waals surface area contributed by atoms with E-state index in [0.29, 0.717) is 18.7 Å². The maximum atomic E-state index is 13.6. The average Bonchev–Trinajstić information content (AvgIpc) is 2.64. The van der Waals surface area contributed by atoms with Crippen molar-refractivity contribution in [2.75, 3.05) is 38.0 Å². The highest BCUT2D eigenvalue weighted by Gasteiger charge is 2.21. The van der Waals surface area contributed by atoms with Gasteiger partial charge in [-0.2, -0.15) is 0 Å². The van der Waals surface area contributed by atoms with Gasteiger partial charge in [0.05, 0.1) is 11.3 Å². The summed E-state index contributed by atoms with van der Waals surface area (Å²) in [5.41, 5.74) is 0.450. The molecule has 1 aliphatic heterocycles. The Kier molecular flexibility index (Phi) is 5.18. The fraction of sp³-hybridized carbons (Fsp3) is 0.353. The molecule has 8 heteroatoms. The summed E-state index contributed by atoms with van der Waals surface area (Å²) in [6, 6.07) is 3.18. The Balaban J connectivity index is 1.64. The second kappa shape index (κ2) is 7.52. The Morgan fingerprint density at radius 1 is 1.16 bits per heavy atom. The number of carbonyl (C=O) groups excluding carboxylic acids is 1.